The Labute approximate surface area is 199 Å². The van der Waals surface area contributed by atoms with E-state index in [0.29, 0.717) is 58.8 Å². The molecule has 4 aliphatic rings. The summed E-state index contributed by atoms with van der Waals surface area (Å²) in [5.41, 5.74) is 2.69. The number of allylic oxidation sites excluding steroid dienone is 1. The zero-order chi connectivity index (χ0) is 23.5. The van der Waals surface area contributed by atoms with Crippen molar-refractivity contribution >= 4 is 17.8 Å². The number of esters is 1. The Kier molecular flexibility index (Phi) is 4.29. The van der Waals surface area contributed by atoms with Gasteiger partial charge in [0.15, 0.2) is 28.8 Å². The van der Waals surface area contributed by atoms with Crippen molar-refractivity contribution in [2.75, 3.05) is 20.0 Å². The Morgan fingerprint density at radius 1 is 0.743 bits per heavy atom. The van der Waals surface area contributed by atoms with Gasteiger partial charge in [0.05, 0.1) is 12.0 Å². The number of hydrogen-bond donors (Lipinski definition) is 0. The minimum atomic E-state index is -0.364. The van der Waals surface area contributed by atoms with E-state index in [1.54, 1.807) is 18.2 Å². The van der Waals surface area contributed by atoms with E-state index in [2.05, 4.69) is 0 Å². The van der Waals surface area contributed by atoms with Crippen molar-refractivity contribution in [3.05, 3.63) is 76.5 Å². The molecule has 0 bridgehead atoms. The standard InChI is InChI=1S/C27H18O8/c28-24-12-17(15-2-5-19-22(11-15)33-13-32-19)25-20(34-24)6-3-16-26(29)23(35-27(16)25)10-14-1-4-18-21(9-14)31-8-7-30-18/h1-6,9-11,17H,7-8,12-13H2/b23-10-/t17-/m1/s1. The predicted molar refractivity (Wildman–Crippen MR) is 121 cm³/mol. The van der Waals surface area contributed by atoms with Gasteiger partial charge in [-0.3, -0.25) is 9.59 Å². The minimum Gasteiger partial charge on any atom is -0.486 e. The van der Waals surface area contributed by atoms with Crippen LogP contribution in [-0.2, 0) is 4.79 Å². The number of carbonyl (C=O) groups is 2. The van der Waals surface area contributed by atoms with Gasteiger partial charge in [-0.2, -0.15) is 0 Å². The number of Topliss-reactive ketones (excluding diaryl/α,β-unsaturated/α-hetero) is 1. The van der Waals surface area contributed by atoms with Crippen LogP contribution in [0, 0.1) is 0 Å². The summed E-state index contributed by atoms with van der Waals surface area (Å²) in [6.07, 6.45) is 1.79. The van der Waals surface area contributed by atoms with Gasteiger partial charge in [-0.25, -0.2) is 0 Å². The number of hydrogen-bond acceptors (Lipinski definition) is 8. The summed E-state index contributed by atoms with van der Waals surface area (Å²) in [7, 11) is 0. The highest BCUT2D eigenvalue weighted by atomic mass is 16.7. The van der Waals surface area contributed by atoms with Crippen molar-refractivity contribution in [1.29, 1.82) is 0 Å². The Bertz CT molecular complexity index is 1450. The fourth-order valence-corrected chi connectivity index (χ4v) is 4.82. The van der Waals surface area contributed by atoms with Crippen molar-refractivity contribution in [2.24, 2.45) is 0 Å². The summed E-state index contributed by atoms with van der Waals surface area (Å²) in [6, 6.07) is 14.3. The largest absolute Gasteiger partial charge is 0.486 e. The first kappa shape index (κ1) is 20.0. The maximum Gasteiger partial charge on any atom is 0.312 e. The molecule has 0 unspecified atom stereocenters. The quantitative estimate of drug-likeness (QED) is 0.312. The van der Waals surface area contributed by atoms with E-state index in [1.165, 1.54) is 0 Å². The lowest BCUT2D eigenvalue weighted by Gasteiger charge is -2.26. The number of benzene rings is 3. The number of rotatable bonds is 2. The van der Waals surface area contributed by atoms with Crippen LogP contribution < -0.4 is 28.4 Å². The van der Waals surface area contributed by atoms with Crippen LogP contribution >= 0.6 is 0 Å². The van der Waals surface area contributed by atoms with Gasteiger partial charge in [-0.1, -0.05) is 12.1 Å². The molecule has 0 aliphatic carbocycles. The molecular formula is C27H18O8. The van der Waals surface area contributed by atoms with E-state index >= 15 is 0 Å². The molecule has 0 amide bonds. The number of fused-ring (bicyclic) bond motifs is 5. The van der Waals surface area contributed by atoms with Crippen LogP contribution in [0.15, 0.2) is 54.3 Å². The summed E-state index contributed by atoms with van der Waals surface area (Å²) >= 11 is 0. The second-order valence-corrected chi connectivity index (χ2v) is 8.54. The Morgan fingerprint density at radius 3 is 2.40 bits per heavy atom. The maximum absolute atomic E-state index is 13.2. The lowest BCUT2D eigenvalue weighted by atomic mass is 9.84. The number of ketones is 1. The molecule has 0 fully saturated rings. The predicted octanol–water partition coefficient (Wildman–Crippen LogP) is 4.24. The average Bonchev–Trinajstić information content (AvgIpc) is 3.47. The first-order valence-corrected chi connectivity index (χ1v) is 11.2. The minimum absolute atomic E-state index is 0.113. The van der Waals surface area contributed by atoms with Crippen molar-refractivity contribution in [1.82, 2.24) is 0 Å². The highest BCUT2D eigenvalue weighted by Crippen LogP contribution is 2.50. The van der Waals surface area contributed by atoms with E-state index in [4.69, 9.17) is 28.4 Å². The fraction of sp³-hybridized carbons (Fsp3) is 0.185. The van der Waals surface area contributed by atoms with E-state index in [0.717, 1.165) is 11.1 Å². The monoisotopic (exact) mass is 470 g/mol. The second kappa shape index (κ2) is 7.53. The summed E-state index contributed by atoms with van der Waals surface area (Å²) in [4.78, 5) is 25.7. The molecule has 1 atom stereocenters. The van der Waals surface area contributed by atoms with Gasteiger partial charge in [-0.05, 0) is 53.6 Å². The molecule has 3 aromatic rings. The molecule has 0 saturated heterocycles. The summed E-state index contributed by atoms with van der Waals surface area (Å²) in [5, 5.41) is 0. The van der Waals surface area contributed by atoms with Gasteiger partial charge in [-0.15, -0.1) is 0 Å². The van der Waals surface area contributed by atoms with Gasteiger partial charge in [0.2, 0.25) is 12.6 Å². The number of carbonyl (C=O) groups excluding carboxylic acids is 2. The molecule has 8 nitrogen and oxygen atoms in total. The van der Waals surface area contributed by atoms with Crippen LogP contribution in [0.4, 0.5) is 0 Å². The summed E-state index contributed by atoms with van der Waals surface area (Å²) < 4.78 is 33.8. The smallest absolute Gasteiger partial charge is 0.312 e. The lowest BCUT2D eigenvalue weighted by molar-refractivity contribution is -0.135. The van der Waals surface area contributed by atoms with Gasteiger partial charge < -0.3 is 28.4 Å². The van der Waals surface area contributed by atoms with Crippen LogP contribution in [-0.4, -0.2) is 31.8 Å². The fourth-order valence-electron chi connectivity index (χ4n) is 4.82. The molecule has 4 aliphatic heterocycles. The van der Waals surface area contributed by atoms with Crippen molar-refractivity contribution in [3.63, 3.8) is 0 Å². The molecule has 8 heteroatoms. The normalized spacial score (nSPS) is 20.2. The molecule has 3 aromatic carbocycles. The third-order valence-corrected chi connectivity index (χ3v) is 6.44. The Hall–Kier alpha value is -4.46. The Balaban J connectivity index is 1.29. The van der Waals surface area contributed by atoms with Gasteiger partial charge in [0, 0.05) is 11.5 Å². The van der Waals surface area contributed by atoms with Crippen LogP contribution in [0.25, 0.3) is 6.08 Å². The molecule has 0 spiro atoms. The van der Waals surface area contributed by atoms with Crippen LogP contribution in [0.5, 0.6) is 34.5 Å². The van der Waals surface area contributed by atoms with Crippen molar-refractivity contribution in [2.45, 2.75) is 12.3 Å². The van der Waals surface area contributed by atoms with Gasteiger partial charge in [0.1, 0.15) is 24.7 Å². The third-order valence-electron chi connectivity index (χ3n) is 6.44. The molecule has 35 heavy (non-hydrogen) atoms. The van der Waals surface area contributed by atoms with Crippen LogP contribution in [0.3, 0.4) is 0 Å². The number of ether oxygens (including phenoxy) is 6. The second-order valence-electron chi connectivity index (χ2n) is 8.54. The van der Waals surface area contributed by atoms with Gasteiger partial charge in [0.25, 0.3) is 0 Å². The topological polar surface area (TPSA) is 89.5 Å². The Morgan fingerprint density at radius 2 is 1.49 bits per heavy atom. The molecule has 0 aromatic heterocycles. The van der Waals surface area contributed by atoms with E-state index < -0.39 is 0 Å². The first-order chi connectivity index (χ1) is 17.1. The van der Waals surface area contributed by atoms with Crippen LogP contribution in [0.1, 0.15) is 39.4 Å². The molecule has 7 rings (SSSR count). The molecule has 0 N–H and O–H groups in total. The molecule has 0 radical (unpaired) electrons. The average molecular weight is 470 g/mol. The maximum atomic E-state index is 13.2. The molecule has 4 heterocycles. The summed E-state index contributed by atoms with van der Waals surface area (Å²) in [6.45, 7) is 1.13. The van der Waals surface area contributed by atoms with E-state index in [1.807, 2.05) is 36.4 Å². The van der Waals surface area contributed by atoms with Crippen LogP contribution in [0.2, 0.25) is 0 Å². The van der Waals surface area contributed by atoms with E-state index in [9.17, 15) is 9.59 Å². The molecule has 0 saturated carbocycles. The van der Waals surface area contributed by atoms with Gasteiger partial charge >= 0.3 is 5.97 Å². The highest BCUT2D eigenvalue weighted by molar-refractivity contribution is 6.15. The van der Waals surface area contributed by atoms with Crippen molar-refractivity contribution in [3.8, 4) is 34.5 Å². The zero-order valence-electron chi connectivity index (χ0n) is 18.4. The summed E-state index contributed by atoms with van der Waals surface area (Å²) in [5.74, 6) is 2.60. The zero-order valence-corrected chi connectivity index (χ0v) is 18.4. The molecular weight excluding hydrogens is 452 g/mol. The van der Waals surface area contributed by atoms with E-state index in [-0.39, 0.29) is 36.6 Å². The van der Waals surface area contributed by atoms with Crippen molar-refractivity contribution < 1.29 is 38.0 Å². The third kappa shape index (κ3) is 3.21. The first-order valence-electron chi connectivity index (χ1n) is 11.2. The highest BCUT2D eigenvalue weighted by Gasteiger charge is 2.39. The SMILES string of the molecule is O=C1C[C@H](c2ccc3c(c2)OCO3)c2c(ccc3c2O/C(=C\c2ccc4c(c2)OCCO4)C3=O)O1. The lowest BCUT2D eigenvalue weighted by Crippen LogP contribution is -2.21. The molecule has 174 valence electrons.